The molecule has 0 radical (unpaired) electrons. The lowest BCUT2D eigenvalue weighted by atomic mass is 9.96. The maximum absolute atomic E-state index is 5.23. The molecule has 0 saturated carbocycles. The minimum atomic E-state index is 0.495. The van der Waals surface area contributed by atoms with E-state index in [-0.39, 0.29) is 0 Å². The molecule has 1 atom stereocenters. The monoisotopic (exact) mass is 245 g/mol. The molecule has 94 valence electrons. The maximum atomic E-state index is 5.23. The van der Waals surface area contributed by atoms with E-state index >= 15 is 0 Å². The van der Waals surface area contributed by atoms with E-state index in [9.17, 15) is 0 Å². The Balaban J connectivity index is 1.69. The molecular weight excluding hydrogens is 230 g/mol. The SMILES string of the molecule is c1ncc(-c2nc(CC3CCCNC3)no2)cn1. The van der Waals surface area contributed by atoms with Crippen molar-refractivity contribution in [1.29, 1.82) is 0 Å². The fourth-order valence-corrected chi connectivity index (χ4v) is 2.22. The Kier molecular flexibility index (Phi) is 3.27. The molecule has 6 nitrogen and oxygen atoms in total. The van der Waals surface area contributed by atoms with Gasteiger partial charge in [-0.1, -0.05) is 5.16 Å². The molecule has 18 heavy (non-hydrogen) atoms. The molecule has 2 aromatic rings. The molecule has 3 heterocycles. The highest BCUT2D eigenvalue weighted by atomic mass is 16.5. The van der Waals surface area contributed by atoms with Crippen LogP contribution in [0.4, 0.5) is 0 Å². The van der Waals surface area contributed by atoms with Gasteiger partial charge in [-0.25, -0.2) is 9.97 Å². The van der Waals surface area contributed by atoms with Gasteiger partial charge in [0.05, 0.1) is 5.56 Å². The fraction of sp³-hybridized carbons (Fsp3) is 0.500. The molecule has 1 N–H and O–H groups in total. The topological polar surface area (TPSA) is 76.7 Å². The van der Waals surface area contributed by atoms with Crippen LogP contribution in [0, 0.1) is 5.92 Å². The zero-order chi connectivity index (χ0) is 12.2. The lowest BCUT2D eigenvalue weighted by molar-refractivity contribution is 0.360. The zero-order valence-corrected chi connectivity index (χ0v) is 10.0. The van der Waals surface area contributed by atoms with Crippen LogP contribution in [0.15, 0.2) is 23.2 Å². The summed E-state index contributed by atoms with van der Waals surface area (Å²) in [5.41, 5.74) is 0.762. The van der Waals surface area contributed by atoms with E-state index in [2.05, 4.69) is 25.4 Å². The highest BCUT2D eigenvalue weighted by molar-refractivity contribution is 5.48. The Morgan fingerprint density at radius 2 is 2.22 bits per heavy atom. The first-order valence-corrected chi connectivity index (χ1v) is 6.20. The number of nitrogens with zero attached hydrogens (tertiary/aromatic N) is 4. The summed E-state index contributed by atoms with van der Waals surface area (Å²) in [6.07, 6.45) is 8.14. The van der Waals surface area contributed by atoms with Crippen LogP contribution < -0.4 is 5.32 Å². The second-order valence-corrected chi connectivity index (χ2v) is 4.56. The van der Waals surface area contributed by atoms with E-state index in [0.717, 1.165) is 30.9 Å². The van der Waals surface area contributed by atoms with Crippen molar-refractivity contribution in [2.45, 2.75) is 19.3 Å². The van der Waals surface area contributed by atoms with Gasteiger partial charge in [0, 0.05) is 18.8 Å². The third-order valence-electron chi connectivity index (χ3n) is 3.15. The fourth-order valence-electron chi connectivity index (χ4n) is 2.22. The number of aromatic nitrogens is 4. The molecule has 0 amide bonds. The molecule has 1 fully saturated rings. The first-order valence-electron chi connectivity index (χ1n) is 6.20. The van der Waals surface area contributed by atoms with Gasteiger partial charge in [-0.15, -0.1) is 0 Å². The summed E-state index contributed by atoms with van der Waals surface area (Å²) in [7, 11) is 0. The van der Waals surface area contributed by atoms with Crippen LogP contribution in [-0.2, 0) is 6.42 Å². The largest absolute Gasteiger partial charge is 0.334 e. The summed E-state index contributed by atoms with van der Waals surface area (Å²) in [6.45, 7) is 2.16. The van der Waals surface area contributed by atoms with Gasteiger partial charge in [0.1, 0.15) is 6.33 Å². The molecule has 3 rings (SSSR count). The summed E-state index contributed by atoms with van der Waals surface area (Å²) in [4.78, 5) is 12.3. The standard InChI is InChI=1S/C12H15N5O/c1-2-9(5-13-3-1)4-11-16-12(18-17-11)10-6-14-8-15-7-10/h6-9,13H,1-5H2. The lowest BCUT2D eigenvalue weighted by Gasteiger charge is -2.20. The molecule has 1 saturated heterocycles. The van der Waals surface area contributed by atoms with Gasteiger partial charge >= 0.3 is 0 Å². The van der Waals surface area contributed by atoms with Gasteiger partial charge in [-0.3, -0.25) is 0 Å². The number of rotatable bonds is 3. The van der Waals surface area contributed by atoms with Crippen molar-refractivity contribution in [3.8, 4) is 11.5 Å². The molecular formula is C12H15N5O. The van der Waals surface area contributed by atoms with E-state index in [4.69, 9.17) is 4.52 Å². The average Bonchev–Trinajstić information content (AvgIpc) is 2.89. The van der Waals surface area contributed by atoms with E-state index in [1.165, 1.54) is 19.2 Å². The smallest absolute Gasteiger partial charge is 0.261 e. The van der Waals surface area contributed by atoms with Crippen LogP contribution in [0.25, 0.3) is 11.5 Å². The van der Waals surface area contributed by atoms with Crippen molar-refractivity contribution < 1.29 is 4.52 Å². The van der Waals surface area contributed by atoms with Crippen LogP contribution in [0.3, 0.4) is 0 Å². The van der Waals surface area contributed by atoms with Crippen LogP contribution in [-0.4, -0.2) is 33.2 Å². The van der Waals surface area contributed by atoms with Crippen LogP contribution >= 0.6 is 0 Å². The summed E-state index contributed by atoms with van der Waals surface area (Å²) in [5, 5.41) is 7.40. The van der Waals surface area contributed by atoms with Crippen molar-refractivity contribution in [2.24, 2.45) is 5.92 Å². The molecule has 1 aliphatic heterocycles. The Morgan fingerprint density at radius 1 is 1.33 bits per heavy atom. The van der Waals surface area contributed by atoms with Crippen molar-refractivity contribution in [2.75, 3.05) is 13.1 Å². The van der Waals surface area contributed by atoms with Crippen molar-refractivity contribution in [1.82, 2.24) is 25.4 Å². The number of nitrogens with one attached hydrogen (secondary N) is 1. The number of hydrogen-bond acceptors (Lipinski definition) is 6. The molecule has 2 aromatic heterocycles. The van der Waals surface area contributed by atoms with Gasteiger partial charge in [-0.05, 0) is 31.8 Å². The van der Waals surface area contributed by atoms with Crippen molar-refractivity contribution in [3.05, 3.63) is 24.5 Å². The zero-order valence-electron chi connectivity index (χ0n) is 10.0. The van der Waals surface area contributed by atoms with Crippen LogP contribution in [0.2, 0.25) is 0 Å². The highest BCUT2D eigenvalue weighted by Crippen LogP contribution is 2.18. The minimum absolute atomic E-state index is 0.495. The molecule has 0 aromatic carbocycles. The number of hydrogen-bond donors (Lipinski definition) is 1. The molecule has 6 heteroatoms. The first kappa shape index (κ1) is 11.3. The quantitative estimate of drug-likeness (QED) is 0.871. The second kappa shape index (κ2) is 5.22. The lowest BCUT2D eigenvalue weighted by Crippen LogP contribution is -2.31. The predicted octanol–water partition coefficient (Wildman–Crippen LogP) is 1.07. The average molecular weight is 245 g/mol. The minimum Gasteiger partial charge on any atom is -0.334 e. The maximum Gasteiger partial charge on any atom is 0.261 e. The van der Waals surface area contributed by atoms with Crippen molar-refractivity contribution in [3.63, 3.8) is 0 Å². The second-order valence-electron chi connectivity index (χ2n) is 4.56. The summed E-state index contributed by atoms with van der Waals surface area (Å²) < 4.78 is 5.23. The van der Waals surface area contributed by atoms with Gasteiger partial charge < -0.3 is 9.84 Å². The van der Waals surface area contributed by atoms with E-state index in [0.29, 0.717) is 11.8 Å². The summed E-state index contributed by atoms with van der Waals surface area (Å²) in [6, 6.07) is 0. The van der Waals surface area contributed by atoms with Crippen LogP contribution in [0.1, 0.15) is 18.7 Å². The van der Waals surface area contributed by atoms with E-state index < -0.39 is 0 Å². The summed E-state index contributed by atoms with van der Waals surface area (Å²) in [5.74, 6) is 1.87. The third-order valence-corrected chi connectivity index (χ3v) is 3.15. The number of piperidine rings is 1. The van der Waals surface area contributed by atoms with Crippen LogP contribution in [0.5, 0.6) is 0 Å². The van der Waals surface area contributed by atoms with E-state index in [1.807, 2.05) is 0 Å². The molecule has 1 aliphatic rings. The molecule has 0 aliphatic carbocycles. The van der Waals surface area contributed by atoms with Gasteiger partial charge in [0.15, 0.2) is 5.82 Å². The third kappa shape index (κ3) is 2.53. The Hall–Kier alpha value is -1.82. The van der Waals surface area contributed by atoms with Gasteiger partial charge in [0.2, 0.25) is 0 Å². The Bertz CT molecular complexity index is 492. The highest BCUT2D eigenvalue weighted by Gasteiger charge is 2.17. The predicted molar refractivity (Wildman–Crippen MR) is 64.6 cm³/mol. The molecule has 0 spiro atoms. The Labute approximate surface area is 105 Å². The first-order chi connectivity index (χ1) is 8.92. The van der Waals surface area contributed by atoms with Gasteiger partial charge in [-0.2, -0.15) is 4.98 Å². The molecule has 0 bridgehead atoms. The Morgan fingerprint density at radius 3 is 3.00 bits per heavy atom. The molecule has 1 unspecified atom stereocenters. The summed E-state index contributed by atoms with van der Waals surface area (Å²) >= 11 is 0. The van der Waals surface area contributed by atoms with Gasteiger partial charge in [0.25, 0.3) is 5.89 Å². The van der Waals surface area contributed by atoms with Crippen molar-refractivity contribution >= 4 is 0 Å². The normalized spacial score (nSPS) is 19.9. The van der Waals surface area contributed by atoms with E-state index in [1.54, 1.807) is 12.4 Å².